The van der Waals surface area contributed by atoms with Crippen LogP contribution in [0.5, 0.6) is 0 Å². The fraction of sp³-hybridized carbons (Fsp3) is 0.429. The third-order valence-corrected chi connectivity index (χ3v) is 6.95. The largest absolute Gasteiger partial charge is 0.465 e. The van der Waals surface area contributed by atoms with E-state index >= 15 is 0 Å². The maximum Gasteiger partial charge on any atom is 0.393 e. The lowest BCUT2D eigenvalue weighted by atomic mass is 9.89. The smallest absolute Gasteiger partial charge is 0.393 e. The summed E-state index contributed by atoms with van der Waals surface area (Å²) >= 11 is 9.18. The van der Waals surface area contributed by atoms with E-state index in [1.165, 1.54) is 24.3 Å². The van der Waals surface area contributed by atoms with Crippen LogP contribution in [0.2, 0.25) is 5.02 Å². The van der Waals surface area contributed by atoms with E-state index in [-0.39, 0.29) is 27.5 Å². The first-order chi connectivity index (χ1) is 19.5. The van der Waals surface area contributed by atoms with Gasteiger partial charge in [0.1, 0.15) is 10.6 Å². The maximum atomic E-state index is 14.4. The molecule has 0 aliphatic heterocycles. The number of rotatable bonds is 11. The summed E-state index contributed by atoms with van der Waals surface area (Å²) in [5, 5.41) is -6.39. The highest BCUT2D eigenvalue weighted by atomic mass is 35.5. The van der Waals surface area contributed by atoms with Gasteiger partial charge in [0.2, 0.25) is 0 Å². The molecule has 0 bridgehead atoms. The Morgan fingerprint density at radius 2 is 1.11 bits per heavy atom. The molecular formula is C21H9Cl2F16NO3S. The summed E-state index contributed by atoms with van der Waals surface area (Å²) in [6, 6.07) is 4.75. The van der Waals surface area contributed by atoms with Crippen molar-refractivity contribution in [2.75, 3.05) is 12.4 Å². The third-order valence-electron chi connectivity index (χ3n) is 5.57. The van der Waals surface area contributed by atoms with Gasteiger partial charge in [0.25, 0.3) is 0 Å². The SMILES string of the molecule is COC(=O)c1c(-c2ccc(Cl)cc2)csc1NC(=O)C(F)(F)C(F)(F)C(F)(F)C(F)(F)C(F)(F)C(F)(F)C(F)(F)C(F)(F)Cl. The van der Waals surface area contributed by atoms with E-state index < -0.39 is 69.3 Å². The van der Waals surface area contributed by atoms with Gasteiger partial charge in [-0.25, -0.2) is 4.79 Å². The first kappa shape index (κ1) is 37.5. The van der Waals surface area contributed by atoms with Gasteiger partial charge < -0.3 is 10.1 Å². The minimum atomic E-state index is -8.73. The summed E-state index contributed by atoms with van der Waals surface area (Å²) in [6.45, 7) is 0. The van der Waals surface area contributed by atoms with E-state index in [0.29, 0.717) is 7.11 Å². The molecule has 0 aliphatic carbocycles. The predicted octanol–water partition coefficient (Wildman–Crippen LogP) is 9.07. The summed E-state index contributed by atoms with van der Waals surface area (Å²) in [6.07, 6.45) is 0. The second-order valence-electron chi connectivity index (χ2n) is 8.32. The molecule has 2 rings (SSSR count). The Balaban J connectivity index is 2.60. The maximum absolute atomic E-state index is 14.4. The molecule has 0 aliphatic rings. The van der Waals surface area contributed by atoms with E-state index in [1.54, 1.807) is 0 Å². The molecule has 1 aromatic heterocycles. The Labute approximate surface area is 246 Å². The van der Waals surface area contributed by atoms with Crippen molar-refractivity contribution in [3.05, 3.63) is 40.2 Å². The van der Waals surface area contributed by atoms with Crippen LogP contribution < -0.4 is 5.32 Å². The highest BCUT2D eigenvalue weighted by Crippen LogP contribution is 2.64. The molecule has 1 heterocycles. The second kappa shape index (κ2) is 11.3. The number of thiophene rings is 1. The first-order valence-corrected chi connectivity index (χ1v) is 12.1. The average Bonchev–Trinajstić information content (AvgIpc) is 3.30. The van der Waals surface area contributed by atoms with Gasteiger partial charge in [-0.05, 0) is 29.3 Å². The Bertz CT molecular complexity index is 1410. The van der Waals surface area contributed by atoms with E-state index in [2.05, 4.69) is 16.3 Å². The molecular weight excluding hydrogens is 721 g/mol. The van der Waals surface area contributed by atoms with Crippen LogP contribution in [0.25, 0.3) is 11.1 Å². The molecule has 0 spiro atoms. The molecule has 0 radical (unpaired) electrons. The Hall–Kier alpha value is -2.68. The minimum Gasteiger partial charge on any atom is -0.465 e. The number of methoxy groups -OCH3 is 1. The summed E-state index contributed by atoms with van der Waals surface area (Å²) in [4.78, 5) is 24.2. The molecule has 0 saturated heterocycles. The number of alkyl halides is 17. The van der Waals surface area contributed by atoms with Crippen LogP contribution in [-0.2, 0) is 9.53 Å². The zero-order valence-electron chi connectivity index (χ0n) is 20.3. The molecule has 2 aromatic rings. The number of hydrogen-bond acceptors (Lipinski definition) is 4. The zero-order chi connectivity index (χ0) is 34.7. The first-order valence-electron chi connectivity index (χ1n) is 10.5. The third kappa shape index (κ3) is 5.41. The van der Waals surface area contributed by atoms with Crippen molar-refractivity contribution in [1.82, 2.24) is 0 Å². The quantitative estimate of drug-likeness (QED) is 0.143. The summed E-state index contributed by atoms with van der Waals surface area (Å²) in [5.41, 5.74) is -1.27. The molecule has 0 unspecified atom stereocenters. The van der Waals surface area contributed by atoms with Crippen molar-refractivity contribution in [3.8, 4) is 11.1 Å². The Morgan fingerprint density at radius 3 is 1.52 bits per heavy atom. The van der Waals surface area contributed by atoms with E-state index in [1.807, 2.05) is 0 Å². The number of nitrogens with one attached hydrogen (secondary N) is 1. The number of benzene rings is 1. The highest BCUT2D eigenvalue weighted by Gasteiger charge is 2.95. The number of halogens is 18. The average molecular weight is 730 g/mol. The molecule has 23 heteroatoms. The molecule has 0 atom stereocenters. The van der Waals surface area contributed by atoms with Crippen LogP contribution in [0.3, 0.4) is 0 Å². The van der Waals surface area contributed by atoms with Crippen molar-refractivity contribution < 1.29 is 84.6 Å². The lowest BCUT2D eigenvalue weighted by Crippen LogP contribution is -2.75. The number of hydrogen-bond donors (Lipinski definition) is 1. The topological polar surface area (TPSA) is 55.4 Å². The molecule has 4 nitrogen and oxygen atoms in total. The van der Waals surface area contributed by atoms with Gasteiger partial charge in [0.05, 0.1) is 7.11 Å². The molecule has 0 fully saturated rings. The van der Waals surface area contributed by atoms with Gasteiger partial charge in [-0.15, -0.1) is 11.3 Å². The van der Waals surface area contributed by atoms with Crippen LogP contribution in [0.4, 0.5) is 75.2 Å². The van der Waals surface area contributed by atoms with E-state index in [9.17, 15) is 79.8 Å². The number of carbonyl (C=O) groups excluding carboxylic acids is 2. The molecule has 248 valence electrons. The number of amides is 1. The number of anilines is 1. The zero-order valence-corrected chi connectivity index (χ0v) is 22.7. The second-order valence-corrected chi connectivity index (χ2v) is 10.1. The normalized spacial score (nSPS) is 14.4. The van der Waals surface area contributed by atoms with Crippen molar-refractivity contribution in [2.24, 2.45) is 0 Å². The highest BCUT2D eigenvalue weighted by molar-refractivity contribution is 7.15. The van der Waals surface area contributed by atoms with Crippen molar-refractivity contribution in [3.63, 3.8) is 0 Å². The van der Waals surface area contributed by atoms with Gasteiger partial charge in [-0.1, -0.05) is 23.7 Å². The van der Waals surface area contributed by atoms with E-state index in [4.69, 9.17) is 11.6 Å². The predicted molar refractivity (Wildman–Crippen MR) is 120 cm³/mol. The van der Waals surface area contributed by atoms with Crippen molar-refractivity contribution in [1.29, 1.82) is 0 Å². The van der Waals surface area contributed by atoms with E-state index in [0.717, 1.165) is 10.7 Å². The van der Waals surface area contributed by atoms with Crippen molar-refractivity contribution >= 4 is 51.4 Å². The monoisotopic (exact) mass is 729 g/mol. The van der Waals surface area contributed by atoms with Gasteiger partial charge in [0.15, 0.2) is 0 Å². The Kier molecular flexibility index (Phi) is 9.62. The van der Waals surface area contributed by atoms with Crippen molar-refractivity contribution in [2.45, 2.75) is 46.8 Å². The van der Waals surface area contributed by atoms with Crippen LogP contribution in [0.1, 0.15) is 10.4 Å². The molecule has 44 heavy (non-hydrogen) atoms. The lowest BCUT2D eigenvalue weighted by Gasteiger charge is -2.42. The molecule has 1 N–H and O–H groups in total. The lowest BCUT2D eigenvalue weighted by molar-refractivity contribution is -0.445. The number of carbonyl (C=O) groups is 2. The fourth-order valence-corrected chi connectivity index (χ4v) is 4.28. The van der Waals surface area contributed by atoms with Gasteiger partial charge in [0, 0.05) is 16.0 Å². The van der Waals surface area contributed by atoms with Crippen LogP contribution >= 0.6 is 34.5 Å². The summed E-state index contributed by atoms with van der Waals surface area (Å²) < 4.78 is 224. The number of ether oxygens (including phenoxy) is 1. The van der Waals surface area contributed by atoms with Gasteiger partial charge in [-0.3, -0.25) is 4.79 Å². The Morgan fingerprint density at radius 1 is 0.705 bits per heavy atom. The molecule has 0 saturated carbocycles. The minimum absolute atomic E-state index is 0.00250. The van der Waals surface area contributed by atoms with Gasteiger partial charge >= 0.3 is 58.7 Å². The standard InChI is InChI=1S/C21H9Cl2F16NO3S/c1-43-12(41)10-9(7-2-4-8(22)5-3-7)6-44-11(10)40-13(42)14(24,25)15(26,27)16(28,29)17(30,31)18(32,33)19(34,35)20(36,37)21(23,38)39/h2-6H,1H3,(H,40,42). The van der Waals surface area contributed by atoms with Crippen LogP contribution in [-0.4, -0.2) is 65.8 Å². The molecule has 1 aromatic carbocycles. The fourth-order valence-electron chi connectivity index (χ4n) is 3.08. The molecule has 1 amide bonds. The van der Waals surface area contributed by atoms with Crippen LogP contribution in [0.15, 0.2) is 29.6 Å². The van der Waals surface area contributed by atoms with Gasteiger partial charge in [-0.2, -0.15) is 70.2 Å². The summed E-state index contributed by atoms with van der Waals surface area (Å²) in [7, 11) is 0.669. The number of esters is 1. The van der Waals surface area contributed by atoms with Crippen LogP contribution in [0, 0.1) is 0 Å². The summed E-state index contributed by atoms with van der Waals surface area (Å²) in [5.74, 6) is -63.1.